The number of carbonyl (C=O) groups excluding carboxylic acids is 2. The molecular formula is C17H19N3O2. The molecule has 2 amide bonds. The number of amides is 2. The van der Waals surface area contributed by atoms with Crippen LogP contribution in [-0.4, -0.2) is 18.4 Å². The van der Waals surface area contributed by atoms with Crippen molar-refractivity contribution in [1.29, 1.82) is 0 Å². The minimum absolute atomic E-state index is 0.0743. The van der Waals surface area contributed by atoms with Gasteiger partial charge < -0.3 is 16.0 Å². The Kier molecular flexibility index (Phi) is 5.54. The van der Waals surface area contributed by atoms with Gasteiger partial charge in [0, 0.05) is 24.8 Å². The van der Waals surface area contributed by atoms with Crippen molar-refractivity contribution in [3.8, 4) is 0 Å². The fourth-order valence-corrected chi connectivity index (χ4v) is 1.92. The number of anilines is 2. The highest BCUT2D eigenvalue weighted by atomic mass is 16.2. The quantitative estimate of drug-likeness (QED) is 0.766. The standard InChI is InChI=1S/C17H19N3O2/c1-13(21)20-16-9-7-15(8-10-16)18-12-17(22)19-11-14-5-3-2-4-6-14/h2-10,18H,11-12H2,1H3,(H,19,22)(H,20,21). The van der Waals surface area contributed by atoms with Crippen molar-refractivity contribution in [2.24, 2.45) is 0 Å². The van der Waals surface area contributed by atoms with Gasteiger partial charge in [-0.3, -0.25) is 9.59 Å². The molecule has 0 fully saturated rings. The Morgan fingerprint density at radius 3 is 2.18 bits per heavy atom. The van der Waals surface area contributed by atoms with Crippen LogP contribution >= 0.6 is 0 Å². The Hall–Kier alpha value is -2.82. The number of nitrogens with one attached hydrogen (secondary N) is 3. The van der Waals surface area contributed by atoms with E-state index in [1.807, 2.05) is 42.5 Å². The molecule has 2 rings (SSSR count). The van der Waals surface area contributed by atoms with Crippen molar-refractivity contribution in [3.05, 3.63) is 60.2 Å². The Morgan fingerprint density at radius 1 is 0.909 bits per heavy atom. The third kappa shape index (κ3) is 5.28. The molecule has 22 heavy (non-hydrogen) atoms. The highest BCUT2D eigenvalue weighted by molar-refractivity contribution is 5.88. The summed E-state index contributed by atoms with van der Waals surface area (Å²) in [5, 5.41) is 8.57. The fourth-order valence-electron chi connectivity index (χ4n) is 1.92. The number of hydrogen-bond acceptors (Lipinski definition) is 3. The van der Waals surface area contributed by atoms with E-state index >= 15 is 0 Å². The van der Waals surface area contributed by atoms with Gasteiger partial charge in [0.15, 0.2) is 0 Å². The van der Waals surface area contributed by atoms with E-state index in [4.69, 9.17) is 0 Å². The van der Waals surface area contributed by atoms with E-state index in [1.165, 1.54) is 6.92 Å². The minimum Gasteiger partial charge on any atom is -0.376 e. The smallest absolute Gasteiger partial charge is 0.239 e. The van der Waals surface area contributed by atoms with Crippen LogP contribution in [0.4, 0.5) is 11.4 Å². The van der Waals surface area contributed by atoms with Crippen molar-refractivity contribution < 1.29 is 9.59 Å². The summed E-state index contributed by atoms with van der Waals surface area (Å²) in [7, 11) is 0. The zero-order valence-electron chi connectivity index (χ0n) is 12.4. The van der Waals surface area contributed by atoms with E-state index in [-0.39, 0.29) is 18.4 Å². The van der Waals surface area contributed by atoms with Gasteiger partial charge in [-0.25, -0.2) is 0 Å². The first kappa shape index (κ1) is 15.6. The van der Waals surface area contributed by atoms with Crippen LogP contribution in [0.2, 0.25) is 0 Å². The molecule has 0 spiro atoms. The number of hydrogen-bond donors (Lipinski definition) is 3. The Balaban J connectivity index is 1.75. The van der Waals surface area contributed by atoms with E-state index in [1.54, 1.807) is 12.1 Å². The van der Waals surface area contributed by atoms with E-state index in [9.17, 15) is 9.59 Å². The monoisotopic (exact) mass is 297 g/mol. The van der Waals surface area contributed by atoms with Gasteiger partial charge in [-0.15, -0.1) is 0 Å². The van der Waals surface area contributed by atoms with E-state index in [0.717, 1.165) is 16.9 Å². The highest BCUT2D eigenvalue weighted by Gasteiger charge is 2.01. The van der Waals surface area contributed by atoms with Gasteiger partial charge in [-0.2, -0.15) is 0 Å². The predicted molar refractivity (Wildman–Crippen MR) is 87.5 cm³/mol. The SMILES string of the molecule is CC(=O)Nc1ccc(NCC(=O)NCc2ccccc2)cc1. The van der Waals surface area contributed by atoms with Gasteiger partial charge in [-0.05, 0) is 29.8 Å². The molecule has 0 unspecified atom stereocenters. The third-order valence-corrected chi connectivity index (χ3v) is 2.99. The zero-order chi connectivity index (χ0) is 15.8. The Bertz CT molecular complexity index is 624. The van der Waals surface area contributed by atoms with Gasteiger partial charge in [-0.1, -0.05) is 30.3 Å². The second kappa shape index (κ2) is 7.83. The molecule has 0 atom stereocenters. The molecule has 0 aliphatic carbocycles. The van der Waals surface area contributed by atoms with Crippen LogP contribution in [0.5, 0.6) is 0 Å². The van der Waals surface area contributed by atoms with Crippen LogP contribution in [-0.2, 0) is 16.1 Å². The molecule has 114 valence electrons. The van der Waals surface area contributed by atoms with E-state index < -0.39 is 0 Å². The summed E-state index contributed by atoms with van der Waals surface area (Å²) in [5.74, 6) is -0.184. The molecule has 0 aromatic heterocycles. The maximum absolute atomic E-state index is 11.8. The van der Waals surface area contributed by atoms with Crippen molar-refractivity contribution in [1.82, 2.24) is 5.32 Å². The molecule has 0 heterocycles. The first-order chi connectivity index (χ1) is 10.6. The second-order valence-corrected chi connectivity index (χ2v) is 4.87. The van der Waals surface area contributed by atoms with Crippen LogP contribution < -0.4 is 16.0 Å². The highest BCUT2D eigenvalue weighted by Crippen LogP contribution is 2.13. The average molecular weight is 297 g/mol. The average Bonchev–Trinajstić information content (AvgIpc) is 2.53. The lowest BCUT2D eigenvalue weighted by Gasteiger charge is -2.09. The van der Waals surface area contributed by atoms with E-state index in [0.29, 0.717) is 6.54 Å². The van der Waals surface area contributed by atoms with Crippen LogP contribution in [0.25, 0.3) is 0 Å². The van der Waals surface area contributed by atoms with Crippen molar-refractivity contribution in [2.75, 3.05) is 17.2 Å². The largest absolute Gasteiger partial charge is 0.376 e. The number of benzene rings is 2. The first-order valence-electron chi connectivity index (χ1n) is 7.05. The first-order valence-corrected chi connectivity index (χ1v) is 7.05. The minimum atomic E-state index is -0.110. The molecule has 0 saturated heterocycles. The molecule has 2 aromatic rings. The van der Waals surface area contributed by atoms with Gasteiger partial charge in [0.05, 0.1) is 6.54 Å². The molecular weight excluding hydrogens is 278 g/mol. The van der Waals surface area contributed by atoms with E-state index in [2.05, 4.69) is 16.0 Å². The fraction of sp³-hybridized carbons (Fsp3) is 0.176. The summed E-state index contributed by atoms with van der Waals surface area (Å²) in [6, 6.07) is 17.0. The van der Waals surface area contributed by atoms with Crippen molar-refractivity contribution >= 4 is 23.2 Å². The Labute approximate surface area is 129 Å². The maximum atomic E-state index is 11.8. The molecule has 0 aliphatic heterocycles. The zero-order valence-corrected chi connectivity index (χ0v) is 12.4. The summed E-state index contributed by atoms with van der Waals surface area (Å²) >= 11 is 0. The normalized spacial score (nSPS) is 9.86. The number of carbonyl (C=O) groups is 2. The molecule has 0 radical (unpaired) electrons. The lowest BCUT2D eigenvalue weighted by atomic mass is 10.2. The van der Waals surface area contributed by atoms with Crippen LogP contribution in [0, 0.1) is 0 Å². The van der Waals surface area contributed by atoms with Gasteiger partial charge >= 0.3 is 0 Å². The second-order valence-electron chi connectivity index (χ2n) is 4.87. The van der Waals surface area contributed by atoms with Gasteiger partial charge in [0.25, 0.3) is 0 Å². The molecule has 2 aromatic carbocycles. The third-order valence-electron chi connectivity index (χ3n) is 2.99. The topological polar surface area (TPSA) is 70.2 Å². The number of rotatable bonds is 6. The lowest BCUT2D eigenvalue weighted by Crippen LogP contribution is -2.29. The lowest BCUT2D eigenvalue weighted by molar-refractivity contribution is -0.119. The summed E-state index contributed by atoms with van der Waals surface area (Å²) in [6.07, 6.45) is 0. The molecule has 0 saturated carbocycles. The van der Waals surface area contributed by atoms with Crippen molar-refractivity contribution in [3.63, 3.8) is 0 Å². The maximum Gasteiger partial charge on any atom is 0.239 e. The van der Waals surface area contributed by atoms with Gasteiger partial charge in [0.1, 0.15) is 0 Å². The van der Waals surface area contributed by atoms with Crippen molar-refractivity contribution in [2.45, 2.75) is 13.5 Å². The summed E-state index contributed by atoms with van der Waals surface area (Å²) in [5.41, 5.74) is 2.62. The van der Waals surface area contributed by atoms with Crippen LogP contribution in [0.3, 0.4) is 0 Å². The van der Waals surface area contributed by atoms with Crippen LogP contribution in [0.1, 0.15) is 12.5 Å². The van der Waals surface area contributed by atoms with Crippen LogP contribution in [0.15, 0.2) is 54.6 Å². The Morgan fingerprint density at radius 2 is 1.55 bits per heavy atom. The molecule has 3 N–H and O–H groups in total. The summed E-state index contributed by atoms with van der Waals surface area (Å²) in [4.78, 5) is 22.7. The molecule has 0 aliphatic rings. The molecule has 5 nitrogen and oxygen atoms in total. The predicted octanol–water partition coefficient (Wildman–Crippen LogP) is 2.37. The van der Waals surface area contributed by atoms with Gasteiger partial charge in [0.2, 0.25) is 11.8 Å². The molecule has 5 heteroatoms. The summed E-state index contributed by atoms with van der Waals surface area (Å²) in [6.45, 7) is 2.18. The summed E-state index contributed by atoms with van der Waals surface area (Å²) < 4.78 is 0. The molecule has 0 bridgehead atoms.